The van der Waals surface area contributed by atoms with E-state index in [1.807, 2.05) is 6.07 Å². The van der Waals surface area contributed by atoms with Crippen molar-refractivity contribution < 1.29 is 14.6 Å². The van der Waals surface area contributed by atoms with Crippen LogP contribution in [0.4, 0.5) is 0 Å². The summed E-state index contributed by atoms with van der Waals surface area (Å²) < 4.78 is 5.13. The number of H-pyrrole nitrogens is 1. The third-order valence-corrected chi connectivity index (χ3v) is 4.86. The predicted octanol–water partition coefficient (Wildman–Crippen LogP) is 2.35. The van der Waals surface area contributed by atoms with Crippen LogP contribution < -0.4 is 0 Å². The lowest BCUT2D eigenvalue weighted by molar-refractivity contribution is -0.152. The fraction of sp³-hybridized carbons (Fsp3) is 0.526. The minimum atomic E-state index is -0.595. The molecule has 1 fully saturated rings. The van der Waals surface area contributed by atoms with Crippen molar-refractivity contribution in [3.8, 4) is 0 Å². The van der Waals surface area contributed by atoms with Gasteiger partial charge in [0.2, 0.25) is 0 Å². The maximum atomic E-state index is 12.1. The Hall–Kier alpha value is -1.85. The van der Waals surface area contributed by atoms with E-state index in [4.69, 9.17) is 4.74 Å². The van der Waals surface area contributed by atoms with Crippen molar-refractivity contribution >= 4 is 16.9 Å². The highest BCUT2D eigenvalue weighted by molar-refractivity contribution is 5.83. The topological polar surface area (TPSA) is 65.6 Å². The number of para-hydroxylation sites is 1. The largest absolute Gasteiger partial charge is 0.466 e. The van der Waals surface area contributed by atoms with E-state index in [2.05, 4.69) is 34.3 Å². The molecule has 130 valence electrons. The number of hydrogen-bond donors (Lipinski definition) is 2. The summed E-state index contributed by atoms with van der Waals surface area (Å²) in [5, 5.41) is 11.5. The Morgan fingerprint density at radius 1 is 1.42 bits per heavy atom. The van der Waals surface area contributed by atoms with Crippen molar-refractivity contribution in [3.63, 3.8) is 0 Å². The molecule has 0 spiro atoms. The van der Waals surface area contributed by atoms with Gasteiger partial charge in [0.15, 0.2) is 0 Å². The molecule has 0 unspecified atom stereocenters. The van der Waals surface area contributed by atoms with Gasteiger partial charge in [-0.2, -0.15) is 0 Å². The van der Waals surface area contributed by atoms with Gasteiger partial charge in [-0.05, 0) is 44.4 Å². The summed E-state index contributed by atoms with van der Waals surface area (Å²) in [6.07, 6.45) is 3.97. The number of fused-ring (bicyclic) bond motifs is 1. The first kappa shape index (κ1) is 17.0. The summed E-state index contributed by atoms with van der Waals surface area (Å²) in [7, 11) is 0. The molecular formula is C19H26N2O3. The van der Waals surface area contributed by atoms with Crippen LogP contribution in [0.15, 0.2) is 30.5 Å². The molecule has 0 saturated carbocycles. The van der Waals surface area contributed by atoms with Gasteiger partial charge in [0.1, 0.15) is 0 Å². The molecule has 0 aliphatic carbocycles. The number of likely N-dealkylation sites (tertiary alicyclic amines) is 1. The average molecular weight is 330 g/mol. The molecule has 2 atom stereocenters. The first-order chi connectivity index (χ1) is 11.7. The number of benzene rings is 1. The van der Waals surface area contributed by atoms with Crippen LogP contribution in [0.5, 0.6) is 0 Å². The van der Waals surface area contributed by atoms with E-state index < -0.39 is 12.0 Å². The minimum Gasteiger partial charge on any atom is -0.466 e. The second-order valence-corrected chi connectivity index (χ2v) is 6.48. The Labute approximate surface area is 142 Å². The standard InChI is InChI=1S/C19H26N2O3/c1-2-24-19(23)16-13-21(10-5-8-18(16)22)11-9-14-12-20-17-7-4-3-6-15(14)17/h3-4,6-7,12,16,18,20,22H,2,5,8-11,13H2,1H3/t16-,18-/m1/s1. The number of hydrogen-bond acceptors (Lipinski definition) is 4. The van der Waals surface area contributed by atoms with Crippen molar-refractivity contribution in [2.24, 2.45) is 5.92 Å². The summed E-state index contributed by atoms with van der Waals surface area (Å²) in [6.45, 7) is 4.52. The van der Waals surface area contributed by atoms with E-state index in [0.29, 0.717) is 19.6 Å². The van der Waals surface area contributed by atoms with E-state index in [1.54, 1.807) is 6.92 Å². The number of aromatic nitrogens is 1. The average Bonchev–Trinajstić information content (AvgIpc) is 2.90. The molecule has 3 rings (SSSR count). The van der Waals surface area contributed by atoms with E-state index in [1.165, 1.54) is 10.9 Å². The van der Waals surface area contributed by atoms with Gasteiger partial charge in [0.25, 0.3) is 0 Å². The number of ether oxygens (including phenoxy) is 1. The van der Waals surface area contributed by atoms with Gasteiger partial charge in [-0.25, -0.2) is 0 Å². The molecule has 1 saturated heterocycles. The lowest BCUT2D eigenvalue weighted by Crippen LogP contribution is -2.38. The fourth-order valence-corrected chi connectivity index (χ4v) is 3.52. The Bertz CT molecular complexity index is 682. The molecule has 0 radical (unpaired) electrons. The van der Waals surface area contributed by atoms with E-state index in [0.717, 1.165) is 31.4 Å². The molecule has 1 aromatic heterocycles. The monoisotopic (exact) mass is 330 g/mol. The molecule has 2 heterocycles. The molecule has 1 aromatic carbocycles. The number of nitrogens with zero attached hydrogens (tertiary/aromatic N) is 1. The van der Waals surface area contributed by atoms with Crippen LogP contribution >= 0.6 is 0 Å². The number of aromatic amines is 1. The van der Waals surface area contributed by atoms with E-state index >= 15 is 0 Å². The van der Waals surface area contributed by atoms with E-state index in [9.17, 15) is 9.90 Å². The van der Waals surface area contributed by atoms with Crippen LogP contribution in [0.2, 0.25) is 0 Å². The lowest BCUT2D eigenvalue weighted by Gasteiger charge is -2.24. The maximum Gasteiger partial charge on any atom is 0.312 e. The second kappa shape index (κ2) is 7.81. The molecule has 5 nitrogen and oxygen atoms in total. The normalized spacial score (nSPS) is 22.4. The smallest absolute Gasteiger partial charge is 0.312 e. The number of esters is 1. The van der Waals surface area contributed by atoms with Crippen molar-refractivity contribution in [3.05, 3.63) is 36.0 Å². The number of aliphatic hydroxyl groups is 1. The zero-order valence-electron chi connectivity index (χ0n) is 14.2. The Morgan fingerprint density at radius 3 is 3.08 bits per heavy atom. The lowest BCUT2D eigenvalue weighted by atomic mass is 10.00. The number of rotatable bonds is 5. The predicted molar refractivity (Wildman–Crippen MR) is 93.8 cm³/mol. The van der Waals surface area contributed by atoms with Crippen LogP contribution in [0.1, 0.15) is 25.3 Å². The molecular weight excluding hydrogens is 304 g/mol. The van der Waals surface area contributed by atoms with Gasteiger partial charge in [-0.3, -0.25) is 4.79 Å². The van der Waals surface area contributed by atoms with Crippen molar-refractivity contribution in [2.45, 2.75) is 32.3 Å². The summed E-state index contributed by atoms with van der Waals surface area (Å²) in [5.41, 5.74) is 2.45. The molecule has 0 amide bonds. The highest BCUT2D eigenvalue weighted by Gasteiger charge is 2.32. The fourth-order valence-electron chi connectivity index (χ4n) is 3.52. The molecule has 1 aliphatic heterocycles. The Balaban J connectivity index is 1.64. The van der Waals surface area contributed by atoms with Crippen LogP contribution in [-0.4, -0.2) is 53.3 Å². The first-order valence-electron chi connectivity index (χ1n) is 8.81. The van der Waals surface area contributed by atoms with Gasteiger partial charge < -0.3 is 19.7 Å². The SMILES string of the molecule is CCOC(=O)[C@@H]1CN(CCc2c[nH]c3ccccc23)CCC[C@H]1O. The number of carbonyl (C=O) groups excluding carboxylic acids is 1. The van der Waals surface area contributed by atoms with Crippen LogP contribution in [0.25, 0.3) is 10.9 Å². The van der Waals surface area contributed by atoms with Crippen molar-refractivity contribution in [2.75, 3.05) is 26.2 Å². The summed E-state index contributed by atoms with van der Waals surface area (Å²) >= 11 is 0. The van der Waals surface area contributed by atoms with Gasteiger partial charge in [-0.15, -0.1) is 0 Å². The number of carbonyl (C=O) groups is 1. The highest BCUT2D eigenvalue weighted by Crippen LogP contribution is 2.21. The first-order valence-corrected chi connectivity index (χ1v) is 8.81. The minimum absolute atomic E-state index is 0.274. The molecule has 2 aromatic rings. The number of nitrogens with one attached hydrogen (secondary N) is 1. The summed E-state index contributed by atoms with van der Waals surface area (Å²) in [4.78, 5) is 17.7. The third kappa shape index (κ3) is 3.79. The zero-order chi connectivity index (χ0) is 16.9. The zero-order valence-corrected chi connectivity index (χ0v) is 14.2. The highest BCUT2D eigenvalue weighted by atomic mass is 16.5. The molecule has 1 aliphatic rings. The number of aliphatic hydroxyl groups excluding tert-OH is 1. The van der Waals surface area contributed by atoms with Crippen molar-refractivity contribution in [1.29, 1.82) is 0 Å². The molecule has 2 N–H and O–H groups in total. The van der Waals surface area contributed by atoms with Crippen LogP contribution in [0.3, 0.4) is 0 Å². The Morgan fingerprint density at radius 2 is 2.25 bits per heavy atom. The van der Waals surface area contributed by atoms with Gasteiger partial charge in [-0.1, -0.05) is 18.2 Å². The van der Waals surface area contributed by atoms with Gasteiger partial charge in [0, 0.05) is 30.2 Å². The molecule has 5 heteroatoms. The summed E-state index contributed by atoms with van der Waals surface area (Å²) in [6, 6.07) is 8.30. The Kier molecular flexibility index (Phi) is 5.53. The van der Waals surface area contributed by atoms with Crippen LogP contribution in [0, 0.1) is 5.92 Å². The quantitative estimate of drug-likeness (QED) is 0.826. The van der Waals surface area contributed by atoms with Crippen molar-refractivity contribution in [1.82, 2.24) is 9.88 Å². The third-order valence-electron chi connectivity index (χ3n) is 4.86. The van der Waals surface area contributed by atoms with E-state index in [-0.39, 0.29) is 5.97 Å². The van der Waals surface area contributed by atoms with Gasteiger partial charge in [0.05, 0.1) is 18.6 Å². The maximum absolute atomic E-state index is 12.1. The molecule has 0 bridgehead atoms. The second-order valence-electron chi connectivity index (χ2n) is 6.48. The molecule has 24 heavy (non-hydrogen) atoms. The summed E-state index contributed by atoms with van der Waals surface area (Å²) in [5.74, 6) is -0.709. The van der Waals surface area contributed by atoms with Crippen LogP contribution in [-0.2, 0) is 16.0 Å². The van der Waals surface area contributed by atoms with Gasteiger partial charge >= 0.3 is 5.97 Å².